The summed E-state index contributed by atoms with van der Waals surface area (Å²) in [4.78, 5) is 15.4. The van der Waals surface area contributed by atoms with Crippen LogP contribution in [0.3, 0.4) is 0 Å². The van der Waals surface area contributed by atoms with Crippen molar-refractivity contribution in [3.63, 3.8) is 0 Å². The van der Waals surface area contributed by atoms with Crippen molar-refractivity contribution < 1.29 is 0 Å². The Balaban J connectivity index is 0.000000187. The maximum absolute atomic E-state index is 3.98. The summed E-state index contributed by atoms with van der Waals surface area (Å²) in [6.45, 7) is 7.86. The normalized spacial score (nSPS) is 8.71. The van der Waals surface area contributed by atoms with Crippen LogP contribution in [0.2, 0.25) is 0 Å². The Bertz CT molecular complexity index is 691. The van der Waals surface area contributed by atoms with E-state index >= 15 is 0 Å². The first-order valence-electron chi connectivity index (χ1n) is 8.78. The third-order valence-corrected chi connectivity index (χ3v) is 3.02. The average molecular weight is 374 g/mol. The van der Waals surface area contributed by atoms with Gasteiger partial charge in [0.25, 0.3) is 0 Å². The molecule has 0 N–H and O–H groups in total. The molecule has 0 bridgehead atoms. The van der Waals surface area contributed by atoms with Crippen molar-refractivity contribution in [1.82, 2.24) is 30.1 Å². The summed E-state index contributed by atoms with van der Waals surface area (Å²) in [5, 5.41) is 7.36. The summed E-state index contributed by atoms with van der Waals surface area (Å²) in [6.07, 6.45) is 12.1. The van der Waals surface area contributed by atoms with Gasteiger partial charge in [-0.25, -0.2) is 9.97 Å². The Morgan fingerprint density at radius 1 is 0.571 bits per heavy atom. The molecule has 0 aliphatic carbocycles. The molecule has 0 aliphatic heterocycles. The number of hydrogen-bond acceptors (Lipinski definition) is 6. The minimum Gasteiger partial charge on any atom is -0.264 e. The fourth-order valence-electron chi connectivity index (χ4n) is 1.65. The van der Waals surface area contributed by atoms with E-state index in [2.05, 4.69) is 30.1 Å². The molecule has 0 spiro atoms. The number of hydrogen-bond donors (Lipinski definition) is 0. The third kappa shape index (κ3) is 12.8. The van der Waals surface area contributed by atoms with Crippen molar-refractivity contribution in [3.05, 3.63) is 108 Å². The number of aryl methyl sites for hydroxylation is 4. The van der Waals surface area contributed by atoms with Crippen molar-refractivity contribution in [2.45, 2.75) is 27.7 Å². The zero-order valence-electron chi connectivity index (χ0n) is 16.8. The van der Waals surface area contributed by atoms with Gasteiger partial charge < -0.3 is 0 Å². The minimum absolute atomic E-state index is 0.961. The van der Waals surface area contributed by atoms with Crippen LogP contribution in [-0.2, 0) is 0 Å². The lowest BCUT2D eigenvalue weighted by molar-refractivity contribution is 0.980. The van der Waals surface area contributed by atoms with E-state index in [1.807, 2.05) is 76.4 Å². The molecule has 0 fully saturated rings. The van der Waals surface area contributed by atoms with Gasteiger partial charge >= 0.3 is 0 Å². The smallest absolute Gasteiger partial charge is 0.115 e. The molecule has 144 valence electrons. The molecule has 6 nitrogen and oxygen atoms in total. The highest BCUT2D eigenvalue weighted by molar-refractivity contribution is 5.04. The summed E-state index contributed by atoms with van der Waals surface area (Å²) < 4.78 is 0. The second-order valence-corrected chi connectivity index (χ2v) is 5.78. The van der Waals surface area contributed by atoms with E-state index < -0.39 is 0 Å². The molecule has 4 heterocycles. The van der Waals surface area contributed by atoms with Crippen LogP contribution in [0.4, 0.5) is 0 Å². The fourth-order valence-corrected chi connectivity index (χ4v) is 1.65. The van der Waals surface area contributed by atoms with Gasteiger partial charge in [-0.05, 0) is 69.2 Å². The van der Waals surface area contributed by atoms with Crippen molar-refractivity contribution >= 4 is 0 Å². The van der Waals surface area contributed by atoms with Crippen LogP contribution >= 0.6 is 0 Å². The van der Waals surface area contributed by atoms with Gasteiger partial charge in [0.1, 0.15) is 6.33 Å². The standard InChI is InChI=1S/2C6H7N.2C5H6N2/c1-6-3-2-4-7-5-6;1-6-4-2-3-5-7-6;1-5-2-6-4-7-3-5;1-5-3-2-4-6-7-5/h2*2-5H,1H3;2*2-4H,1H3. The molecule has 0 radical (unpaired) electrons. The van der Waals surface area contributed by atoms with Crippen molar-refractivity contribution in [3.8, 4) is 0 Å². The first-order chi connectivity index (χ1) is 13.6. The Labute approximate surface area is 166 Å². The van der Waals surface area contributed by atoms with Crippen LogP contribution in [0.1, 0.15) is 22.5 Å². The number of aromatic nitrogens is 6. The third-order valence-electron chi connectivity index (χ3n) is 3.02. The Kier molecular flexibility index (Phi) is 11.7. The molecule has 4 aromatic rings. The van der Waals surface area contributed by atoms with Gasteiger partial charge in [0.2, 0.25) is 0 Å². The first kappa shape index (κ1) is 22.5. The average Bonchev–Trinajstić information content (AvgIpc) is 2.72. The van der Waals surface area contributed by atoms with Gasteiger partial charge in [-0.3, -0.25) is 9.97 Å². The highest BCUT2D eigenvalue weighted by Gasteiger charge is 1.76. The summed E-state index contributed by atoms with van der Waals surface area (Å²) in [6, 6.07) is 13.6. The molecule has 0 saturated heterocycles. The molecule has 0 aromatic carbocycles. The van der Waals surface area contributed by atoms with Gasteiger partial charge in [0, 0.05) is 42.9 Å². The largest absolute Gasteiger partial charge is 0.264 e. The van der Waals surface area contributed by atoms with E-state index in [0.717, 1.165) is 17.0 Å². The Hall–Kier alpha value is -3.54. The van der Waals surface area contributed by atoms with Crippen LogP contribution in [0, 0.1) is 27.7 Å². The highest BCUT2D eigenvalue weighted by atomic mass is 15.1. The van der Waals surface area contributed by atoms with Gasteiger partial charge in [0.15, 0.2) is 0 Å². The quantitative estimate of drug-likeness (QED) is 0.455. The van der Waals surface area contributed by atoms with Crippen LogP contribution in [0.25, 0.3) is 0 Å². The fraction of sp³-hybridized carbons (Fsp3) is 0.182. The summed E-state index contributed by atoms with van der Waals surface area (Å²) in [7, 11) is 0. The molecule has 28 heavy (non-hydrogen) atoms. The molecule has 6 heteroatoms. The first-order valence-corrected chi connectivity index (χ1v) is 8.78. The molecule has 0 unspecified atom stereocenters. The van der Waals surface area contributed by atoms with E-state index in [1.54, 1.807) is 31.0 Å². The van der Waals surface area contributed by atoms with E-state index in [9.17, 15) is 0 Å². The van der Waals surface area contributed by atoms with Crippen LogP contribution in [0.15, 0.2) is 86.0 Å². The monoisotopic (exact) mass is 374 g/mol. The molecular formula is C22H26N6. The number of pyridine rings is 2. The molecule has 4 rings (SSSR count). The van der Waals surface area contributed by atoms with Gasteiger partial charge in [-0.15, -0.1) is 0 Å². The second-order valence-electron chi connectivity index (χ2n) is 5.78. The van der Waals surface area contributed by atoms with E-state index in [4.69, 9.17) is 0 Å². The van der Waals surface area contributed by atoms with Crippen molar-refractivity contribution in [2.75, 3.05) is 0 Å². The topological polar surface area (TPSA) is 77.3 Å². The Morgan fingerprint density at radius 3 is 1.54 bits per heavy atom. The second kappa shape index (κ2) is 14.6. The molecule has 0 atom stereocenters. The van der Waals surface area contributed by atoms with Crippen molar-refractivity contribution in [1.29, 1.82) is 0 Å². The molecule has 0 aliphatic rings. The minimum atomic E-state index is 0.961. The molecule has 4 aromatic heterocycles. The van der Waals surface area contributed by atoms with E-state index in [-0.39, 0.29) is 0 Å². The molecule has 0 amide bonds. The summed E-state index contributed by atoms with van der Waals surface area (Å²) in [5.41, 5.74) is 4.34. The maximum atomic E-state index is 3.98. The lowest BCUT2D eigenvalue weighted by atomic mass is 10.3. The van der Waals surface area contributed by atoms with Crippen LogP contribution in [-0.4, -0.2) is 30.1 Å². The SMILES string of the molecule is Cc1ccccn1.Cc1cccnc1.Cc1cccnn1.Cc1cncnc1. The van der Waals surface area contributed by atoms with Gasteiger partial charge in [-0.2, -0.15) is 10.2 Å². The van der Waals surface area contributed by atoms with Crippen molar-refractivity contribution in [2.24, 2.45) is 0 Å². The summed E-state index contributed by atoms with van der Waals surface area (Å²) in [5.74, 6) is 0. The van der Waals surface area contributed by atoms with E-state index in [0.29, 0.717) is 0 Å². The Morgan fingerprint density at radius 2 is 1.25 bits per heavy atom. The molecular weight excluding hydrogens is 348 g/mol. The van der Waals surface area contributed by atoms with E-state index in [1.165, 1.54) is 11.9 Å². The molecule has 0 saturated carbocycles. The predicted molar refractivity (Wildman–Crippen MR) is 111 cm³/mol. The van der Waals surface area contributed by atoms with Gasteiger partial charge in [0.05, 0.1) is 5.69 Å². The summed E-state index contributed by atoms with van der Waals surface area (Å²) >= 11 is 0. The van der Waals surface area contributed by atoms with Crippen LogP contribution in [0.5, 0.6) is 0 Å². The zero-order valence-corrected chi connectivity index (χ0v) is 16.8. The lowest BCUT2D eigenvalue weighted by Crippen LogP contribution is -1.79. The maximum Gasteiger partial charge on any atom is 0.115 e. The zero-order chi connectivity index (χ0) is 20.5. The number of rotatable bonds is 0. The lowest BCUT2D eigenvalue weighted by Gasteiger charge is -1.82. The van der Waals surface area contributed by atoms with Gasteiger partial charge in [-0.1, -0.05) is 12.1 Å². The van der Waals surface area contributed by atoms with Crippen LogP contribution < -0.4 is 0 Å². The number of nitrogens with zero attached hydrogens (tertiary/aromatic N) is 6. The highest BCUT2D eigenvalue weighted by Crippen LogP contribution is 1.88. The predicted octanol–water partition coefficient (Wildman–Crippen LogP) is 4.35.